The summed E-state index contributed by atoms with van der Waals surface area (Å²) in [5.41, 5.74) is 7.15. The molecule has 4 heterocycles. The molecule has 1 fully saturated rings. The number of pyridine rings is 1. The summed E-state index contributed by atoms with van der Waals surface area (Å²) in [6, 6.07) is 9.85. The molecule has 0 saturated heterocycles. The predicted molar refractivity (Wildman–Crippen MR) is 182 cm³/mol. The van der Waals surface area contributed by atoms with Crippen LogP contribution in [0.1, 0.15) is 62.0 Å². The van der Waals surface area contributed by atoms with Crippen LogP contribution in [0.5, 0.6) is 5.75 Å². The molecule has 252 valence electrons. The molecule has 11 heteroatoms. The Kier molecular flexibility index (Phi) is 7.62. The summed E-state index contributed by atoms with van der Waals surface area (Å²) in [5, 5.41) is 10.7. The van der Waals surface area contributed by atoms with Gasteiger partial charge in [-0.3, -0.25) is 14.2 Å². The van der Waals surface area contributed by atoms with Crippen LogP contribution < -0.4 is 4.74 Å². The summed E-state index contributed by atoms with van der Waals surface area (Å²) < 4.78 is 46.7. The normalized spacial score (nSPS) is 21.4. The Morgan fingerprint density at radius 3 is 2.57 bits per heavy atom. The number of carbonyl (C=O) groups is 1. The van der Waals surface area contributed by atoms with Gasteiger partial charge >= 0.3 is 0 Å². The Balaban J connectivity index is 1.37. The third-order valence-electron chi connectivity index (χ3n) is 10.3. The number of halogens is 2. The lowest BCUT2D eigenvalue weighted by Crippen LogP contribution is -2.42. The van der Waals surface area contributed by atoms with Crippen LogP contribution in [0.25, 0.3) is 44.7 Å². The number of aryl methyl sites for hydroxylation is 1. The van der Waals surface area contributed by atoms with Gasteiger partial charge < -0.3 is 14.4 Å². The number of amides is 1. The second-order valence-corrected chi connectivity index (χ2v) is 13.5. The molecular formula is C38H38F2N6O3. The zero-order chi connectivity index (χ0) is 34.1. The van der Waals surface area contributed by atoms with Crippen molar-refractivity contribution in [3.05, 3.63) is 83.7 Å². The Bertz CT molecular complexity index is 2150. The minimum Gasteiger partial charge on any atom is -0.489 e. The molecule has 2 aromatic carbocycles. The Labute approximate surface area is 283 Å². The summed E-state index contributed by atoms with van der Waals surface area (Å²) in [7, 11) is 3.55. The number of aromatic nitrogens is 5. The van der Waals surface area contributed by atoms with Crippen molar-refractivity contribution in [3.63, 3.8) is 0 Å². The number of hydrogen-bond acceptors (Lipinski definition) is 6. The van der Waals surface area contributed by atoms with Gasteiger partial charge in [0.25, 0.3) is 0 Å². The standard InChI is InChI=1S/C38H38F2N6O3/c1-6-34(47)45-18-20(2)46-32(21(45)3)17-31(43-46)38-35(36-29(40)13-24(39)14-33(36)49-26-15-25(16-26)48-5)27-8-7-9-28(27)37(41-38)22-10-11-23-19-44(4)42-30(23)12-22/h6,10-14,17,19-21,25-26H,1,7-9,15-16,18H2,2-5H3/t20-,21+,25?,26?/m0/s1. The quantitative estimate of drug-likeness (QED) is 0.172. The topological polar surface area (TPSA) is 87.3 Å². The number of rotatable bonds is 7. The third-order valence-corrected chi connectivity index (χ3v) is 10.3. The van der Waals surface area contributed by atoms with Gasteiger partial charge in [0.2, 0.25) is 5.91 Å². The van der Waals surface area contributed by atoms with Crippen molar-refractivity contribution in [2.45, 2.75) is 70.2 Å². The molecule has 8 rings (SSSR count). The van der Waals surface area contributed by atoms with Gasteiger partial charge in [0.05, 0.1) is 46.3 Å². The molecule has 49 heavy (non-hydrogen) atoms. The average Bonchev–Trinajstić information content (AvgIpc) is 3.81. The first-order valence-electron chi connectivity index (χ1n) is 16.8. The first-order chi connectivity index (χ1) is 23.6. The molecule has 2 aliphatic carbocycles. The molecule has 3 aromatic heterocycles. The zero-order valence-electron chi connectivity index (χ0n) is 28.0. The number of carbonyl (C=O) groups excluding carboxylic acids is 1. The van der Waals surface area contributed by atoms with Crippen LogP contribution >= 0.6 is 0 Å². The third kappa shape index (κ3) is 5.22. The minimum absolute atomic E-state index is 0.0532. The van der Waals surface area contributed by atoms with E-state index in [1.165, 1.54) is 12.1 Å². The fourth-order valence-corrected chi connectivity index (χ4v) is 7.78. The van der Waals surface area contributed by atoms with Crippen molar-refractivity contribution < 1.29 is 23.0 Å². The van der Waals surface area contributed by atoms with E-state index in [4.69, 9.17) is 19.6 Å². The second-order valence-electron chi connectivity index (χ2n) is 13.5. The molecule has 1 saturated carbocycles. The van der Waals surface area contributed by atoms with Crippen molar-refractivity contribution in [1.29, 1.82) is 0 Å². The van der Waals surface area contributed by atoms with Crippen molar-refractivity contribution in [2.75, 3.05) is 13.7 Å². The van der Waals surface area contributed by atoms with Gasteiger partial charge in [0, 0.05) is 68.4 Å². The molecule has 0 bridgehead atoms. The molecular weight excluding hydrogens is 626 g/mol. The fourth-order valence-electron chi connectivity index (χ4n) is 7.78. The van der Waals surface area contributed by atoms with Gasteiger partial charge in [-0.1, -0.05) is 18.7 Å². The van der Waals surface area contributed by atoms with E-state index in [2.05, 4.69) is 11.7 Å². The van der Waals surface area contributed by atoms with Gasteiger partial charge in [0.15, 0.2) is 0 Å². The molecule has 0 N–H and O–H groups in total. The molecule has 0 unspecified atom stereocenters. The van der Waals surface area contributed by atoms with Crippen molar-refractivity contribution in [3.8, 4) is 39.5 Å². The van der Waals surface area contributed by atoms with Crippen molar-refractivity contribution in [2.24, 2.45) is 7.05 Å². The van der Waals surface area contributed by atoms with Crippen LogP contribution in [0.15, 0.2) is 55.3 Å². The Hall–Kier alpha value is -4.90. The molecule has 2 atom stereocenters. The van der Waals surface area contributed by atoms with Gasteiger partial charge in [-0.2, -0.15) is 10.2 Å². The summed E-state index contributed by atoms with van der Waals surface area (Å²) in [5.74, 6) is -1.44. The lowest BCUT2D eigenvalue weighted by atomic mass is 9.89. The largest absolute Gasteiger partial charge is 0.489 e. The van der Waals surface area contributed by atoms with Gasteiger partial charge in [0.1, 0.15) is 29.2 Å². The first kappa shape index (κ1) is 31.4. The highest BCUT2D eigenvalue weighted by atomic mass is 19.1. The maximum absolute atomic E-state index is 16.3. The average molecular weight is 665 g/mol. The molecule has 1 aliphatic heterocycles. The lowest BCUT2D eigenvalue weighted by Gasteiger charge is -2.36. The van der Waals surface area contributed by atoms with Gasteiger partial charge in [-0.15, -0.1) is 0 Å². The number of nitrogens with zero attached hydrogens (tertiary/aromatic N) is 6. The molecule has 0 radical (unpaired) electrons. The van der Waals surface area contributed by atoms with Crippen LogP contribution in [0.3, 0.4) is 0 Å². The highest BCUT2D eigenvalue weighted by molar-refractivity contribution is 5.91. The predicted octanol–water partition coefficient (Wildman–Crippen LogP) is 7.14. The molecule has 5 aromatic rings. The van der Waals surface area contributed by atoms with E-state index in [9.17, 15) is 9.18 Å². The van der Waals surface area contributed by atoms with Crippen molar-refractivity contribution >= 4 is 16.8 Å². The fraction of sp³-hybridized carbons (Fsp3) is 0.368. The van der Waals surface area contributed by atoms with Crippen LogP contribution in [0, 0.1) is 11.6 Å². The first-order valence-corrected chi connectivity index (χ1v) is 16.8. The van der Waals surface area contributed by atoms with Crippen LogP contribution in [0.2, 0.25) is 0 Å². The molecule has 1 amide bonds. The number of hydrogen-bond donors (Lipinski definition) is 0. The summed E-state index contributed by atoms with van der Waals surface area (Å²) >= 11 is 0. The second kappa shape index (κ2) is 11.9. The van der Waals surface area contributed by atoms with Crippen molar-refractivity contribution in [1.82, 2.24) is 29.4 Å². The van der Waals surface area contributed by atoms with Crippen LogP contribution in [-0.2, 0) is 29.4 Å². The van der Waals surface area contributed by atoms with E-state index in [-0.39, 0.29) is 41.5 Å². The molecule has 3 aliphatic rings. The Morgan fingerprint density at radius 1 is 1.00 bits per heavy atom. The van der Waals surface area contributed by atoms with Crippen LogP contribution in [0.4, 0.5) is 8.78 Å². The minimum atomic E-state index is -0.717. The van der Waals surface area contributed by atoms with Crippen LogP contribution in [-0.4, -0.2) is 61.2 Å². The van der Waals surface area contributed by atoms with E-state index < -0.39 is 11.6 Å². The SMILES string of the molecule is C=CC(=O)N1C[C@H](C)n2nc(-c3nc(-c4ccc5cn(C)nc5c4)c4c(c3-c3c(F)cc(F)cc3OC3CC(OC)C3)CCC4)cc2[C@H]1C. The highest BCUT2D eigenvalue weighted by Crippen LogP contribution is 2.48. The van der Waals surface area contributed by atoms with Gasteiger partial charge in [-0.05, 0) is 62.4 Å². The van der Waals surface area contributed by atoms with E-state index in [0.717, 1.165) is 57.9 Å². The maximum atomic E-state index is 16.3. The van der Waals surface area contributed by atoms with E-state index in [0.29, 0.717) is 42.8 Å². The smallest absolute Gasteiger partial charge is 0.246 e. The highest BCUT2D eigenvalue weighted by Gasteiger charge is 2.37. The maximum Gasteiger partial charge on any atom is 0.246 e. The zero-order valence-corrected chi connectivity index (χ0v) is 28.0. The number of fused-ring (bicyclic) bond motifs is 3. The van der Waals surface area contributed by atoms with Gasteiger partial charge in [-0.25, -0.2) is 13.8 Å². The summed E-state index contributed by atoms with van der Waals surface area (Å²) in [6.45, 7) is 8.14. The number of ether oxygens (including phenoxy) is 2. The number of benzene rings is 2. The monoisotopic (exact) mass is 664 g/mol. The molecule has 9 nitrogen and oxygen atoms in total. The number of methoxy groups -OCH3 is 1. The van der Waals surface area contributed by atoms with E-state index in [1.54, 1.807) is 16.7 Å². The van der Waals surface area contributed by atoms with E-state index in [1.807, 2.05) is 56.0 Å². The lowest BCUT2D eigenvalue weighted by molar-refractivity contribution is -0.129. The van der Waals surface area contributed by atoms with E-state index >= 15 is 4.39 Å². The molecule has 0 spiro atoms. The Morgan fingerprint density at radius 2 is 1.80 bits per heavy atom. The summed E-state index contributed by atoms with van der Waals surface area (Å²) in [4.78, 5) is 19.9. The summed E-state index contributed by atoms with van der Waals surface area (Å²) in [6.07, 6.45) is 6.70.